The zero-order chi connectivity index (χ0) is 32.0. The van der Waals surface area contributed by atoms with Crippen molar-refractivity contribution in [2.45, 2.75) is 44.5 Å². The van der Waals surface area contributed by atoms with Gasteiger partial charge in [0, 0.05) is 46.4 Å². The summed E-state index contributed by atoms with van der Waals surface area (Å²) in [5.74, 6) is 2.87. The molecule has 240 valence electrons. The van der Waals surface area contributed by atoms with E-state index in [-0.39, 0.29) is 15.0 Å². The molecule has 44 heavy (non-hydrogen) atoms. The number of hydrogen-bond acceptors (Lipinski definition) is 10. The third kappa shape index (κ3) is 10.1. The second-order valence-electron chi connectivity index (χ2n) is 9.48. The minimum absolute atomic E-state index is 0. The zero-order valence-electron chi connectivity index (χ0n) is 24.7. The molecule has 11 nitrogen and oxygen atoms in total. The highest BCUT2D eigenvalue weighted by atomic mass is 19.4. The van der Waals surface area contributed by atoms with E-state index >= 15 is 0 Å². The van der Waals surface area contributed by atoms with E-state index in [0.717, 1.165) is 36.7 Å². The van der Waals surface area contributed by atoms with Crippen molar-refractivity contribution in [2.24, 2.45) is 0 Å². The van der Waals surface area contributed by atoms with Gasteiger partial charge in [-0.1, -0.05) is 12.1 Å². The Bertz CT molecular complexity index is 1370. The van der Waals surface area contributed by atoms with Crippen molar-refractivity contribution in [3.05, 3.63) is 54.2 Å². The van der Waals surface area contributed by atoms with E-state index in [2.05, 4.69) is 30.2 Å². The van der Waals surface area contributed by atoms with Gasteiger partial charge in [0.15, 0.2) is 11.5 Å². The van der Waals surface area contributed by atoms with Gasteiger partial charge < -0.3 is 34.5 Å². The van der Waals surface area contributed by atoms with Crippen LogP contribution in [-0.4, -0.2) is 57.2 Å². The Hall–Kier alpha value is -4.93. The fourth-order valence-electron chi connectivity index (χ4n) is 4.53. The lowest BCUT2D eigenvalue weighted by molar-refractivity contribution is -0.274. The predicted octanol–water partition coefficient (Wildman–Crippen LogP) is 6.40. The molecule has 0 radical (unpaired) electrons. The Balaban J connectivity index is 0.000000458. The third-order valence-corrected chi connectivity index (χ3v) is 6.57. The minimum Gasteiger partial charge on any atom is -0.493 e. The fraction of sp³-hybridized carbons (Fsp3) is 0.400. The van der Waals surface area contributed by atoms with E-state index in [4.69, 9.17) is 19.5 Å². The molecule has 2 N–H and O–H groups in total. The number of nitrogens with zero attached hydrogens (tertiary/aromatic N) is 4. The average Bonchev–Trinajstić information content (AvgIpc) is 3.03. The maximum Gasteiger partial charge on any atom is 0.573 e. The molecule has 0 spiro atoms. The van der Waals surface area contributed by atoms with E-state index in [1.165, 1.54) is 31.4 Å². The highest BCUT2D eigenvalue weighted by Crippen LogP contribution is 2.40. The maximum atomic E-state index is 12.0. The number of aromatic nitrogens is 2. The summed E-state index contributed by atoms with van der Waals surface area (Å²) >= 11 is 0. The highest BCUT2D eigenvalue weighted by molar-refractivity contribution is 5.66. The van der Waals surface area contributed by atoms with Gasteiger partial charge in [-0.05, 0) is 49.4 Å². The number of piperidine rings is 1. The largest absolute Gasteiger partial charge is 0.573 e. The first-order chi connectivity index (χ1) is 21.2. The average molecular weight is 621 g/mol. The SMILES string of the molecule is COc1cc(Nc2nccc(N3CCCCC3)n2)cc(OC)c1OC.N#CCCC(NC=O)c1ccc(OC(F)(F)F)cc1.[HH].[HH]. The Kier molecular flexibility index (Phi) is 12.7. The second-order valence-corrected chi connectivity index (χ2v) is 9.48. The predicted molar refractivity (Wildman–Crippen MR) is 162 cm³/mol. The van der Waals surface area contributed by atoms with Crippen molar-refractivity contribution in [2.75, 3.05) is 44.6 Å². The molecule has 1 fully saturated rings. The number of amides is 1. The molecular formula is C30H39F3N6O5. The molecule has 4 rings (SSSR count). The smallest absolute Gasteiger partial charge is 0.493 e. The van der Waals surface area contributed by atoms with Crippen LogP contribution in [0, 0.1) is 11.3 Å². The Morgan fingerprint density at radius 1 is 1.05 bits per heavy atom. The van der Waals surface area contributed by atoms with E-state index < -0.39 is 12.4 Å². The number of methoxy groups -OCH3 is 3. The molecule has 1 aliphatic heterocycles. The van der Waals surface area contributed by atoms with E-state index in [0.29, 0.717) is 41.6 Å². The van der Waals surface area contributed by atoms with Gasteiger partial charge in [-0.15, -0.1) is 13.2 Å². The molecule has 2 aromatic carbocycles. The number of nitriles is 1. The number of carbonyl (C=O) groups is 1. The van der Waals surface area contributed by atoms with Crippen LogP contribution in [0.2, 0.25) is 0 Å². The van der Waals surface area contributed by atoms with Crippen molar-refractivity contribution < 1.29 is 39.8 Å². The van der Waals surface area contributed by atoms with Crippen molar-refractivity contribution in [3.63, 3.8) is 0 Å². The van der Waals surface area contributed by atoms with E-state index in [1.54, 1.807) is 27.5 Å². The van der Waals surface area contributed by atoms with Gasteiger partial charge in [0.1, 0.15) is 11.6 Å². The molecule has 1 unspecified atom stereocenters. The number of halogens is 3. The summed E-state index contributed by atoms with van der Waals surface area (Å²) < 4.78 is 55.8. The van der Waals surface area contributed by atoms with Gasteiger partial charge in [0.05, 0.1) is 33.4 Å². The van der Waals surface area contributed by atoms with Gasteiger partial charge >= 0.3 is 6.36 Å². The van der Waals surface area contributed by atoms with E-state index in [1.807, 2.05) is 24.3 Å². The monoisotopic (exact) mass is 620 g/mol. The van der Waals surface area contributed by atoms with Gasteiger partial charge in [-0.25, -0.2) is 4.98 Å². The second kappa shape index (κ2) is 16.6. The lowest BCUT2D eigenvalue weighted by Gasteiger charge is -2.27. The summed E-state index contributed by atoms with van der Waals surface area (Å²) in [5, 5.41) is 14.2. The number of anilines is 3. The molecule has 0 bridgehead atoms. The van der Waals surface area contributed by atoms with Crippen molar-refractivity contribution >= 4 is 23.9 Å². The molecule has 1 aliphatic rings. The highest BCUT2D eigenvalue weighted by Gasteiger charge is 2.31. The summed E-state index contributed by atoms with van der Waals surface area (Å²) in [6, 6.07) is 12.3. The summed E-state index contributed by atoms with van der Waals surface area (Å²) in [6.45, 7) is 2.08. The first kappa shape index (κ1) is 33.6. The third-order valence-electron chi connectivity index (χ3n) is 6.57. The normalized spacial score (nSPS) is 13.3. The Morgan fingerprint density at radius 2 is 1.70 bits per heavy atom. The minimum atomic E-state index is -4.73. The summed E-state index contributed by atoms with van der Waals surface area (Å²) in [5.41, 5.74) is 1.38. The first-order valence-electron chi connectivity index (χ1n) is 13.8. The quantitative estimate of drug-likeness (QED) is 0.219. The molecule has 2 heterocycles. The van der Waals surface area contributed by atoms with Crippen molar-refractivity contribution in [1.82, 2.24) is 15.3 Å². The molecule has 1 saturated heterocycles. The van der Waals surface area contributed by atoms with Crippen LogP contribution in [0.25, 0.3) is 0 Å². The number of carbonyl (C=O) groups excluding carboxylic acids is 1. The number of hydrogen-bond donors (Lipinski definition) is 2. The molecule has 1 amide bonds. The van der Waals surface area contributed by atoms with Crippen molar-refractivity contribution in [1.29, 1.82) is 5.26 Å². The van der Waals surface area contributed by atoms with Gasteiger partial charge in [-0.3, -0.25) is 4.79 Å². The lowest BCUT2D eigenvalue weighted by Crippen LogP contribution is -2.30. The molecular weight excluding hydrogens is 581 g/mol. The summed E-state index contributed by atoms with van der Waals surface area (Å²) in [7, 11) is 4.77. The van der Waals surface area contributed by atoms with Crippen molar-refractivity contribution in [3.8, 4) is 29.1 Å². The van der Waals surface area contributed by atoms with E-state index in [9.17, 15) is 18.0 Å². The number of ether oxygens (including phenoxy) is 4. The van der Waals surface area contributed by atoms with Crippen LogP contribution in [0.5, 0.6) is 23.0 Å². The molecule has 1 atom stereocenters. The van der Waals surface area contributed by atoms with Crippen LogP contribution in [-0.2, 0) is 4.79 Å². The van der Waals surface area contributed by atoms with Crippen LogP contribution in [0.4, 0.5) is 30.6 Å². The molecule has 1 aromatic heterocycles. The maximum absolute atomic E-state index is 12.0. The molecule has 0 aliphatic carbocycles. The van der Waals surface area contributed by atoms with Gasteiger partial charge in [0.25, 0.3) is 0 Å². The summed E-state index contributed by atoms with van der Waals surface area (Å²) in [6.07, 6.45) is 1.85. The lowest BCUT2D eigenvalue weighted by atomic mass is 10.0. The van der Waals surface area contributed by atoms with Gasteiger partial charge in [0.2, 0.25) is 18.1 Å². The summed E-state index contributed by atoms with van der Waals surface area (Å²) in [4.78, 5) is 21.7. The Morgan fingerprint density at radius 3 is 2.25 bits per heavy atom. The Labute approximate surface area is 256 Å². The fourth-order valence-corrected chi connectivity index (χ4v) is 4.53. The first-order valence-corrected chi connectivity index (χ1v) is 13.8. The number of benzene rings is 2. The number of alkyl halides is 3. The van der Waals surface area contributed by atoms with Crippen LogP contribution in [0.3, 0.4) is 0 Å². The number of rotatable bonds is 12. The molecule has 14 heteroatoms. The van der Waals surface area contributed by atoms with Crippen LogP contribution < -0.4 is 34.5 Å². The standard InChI is InChI=1S/C18H24N4O3.C12H11F3N2O2.2H2/c1-23-14-11-13(12-15(24-2)17(14)25-3)20-18-19-8-7-16(21-18)22-9-5-4-6-10-22;13-12(14,15)19-10-5-3-9(4-6-10)11(17-8-18)2-1-7-16;;/h7-8,11-12H,4-6,9-10H2,1-3H3,(H,19,20,21);3-6,8,11H,1-2H2,(H,17,18);2*1H. The zero-order valence-corrected chi connectivity index (χ0v) is 24.7. The van der Waals surface area contributed by atoms with Gasteiger partial charge in [-0.2, -0.15) is 10.2 Å². The van der Waals surface area contributed by atoms with Crippen LogP contribution in [0.1, 0.15) is 46.6 Å². The molecule has 0 saturated carbocycles. The van der Waals surface area contributed by atoms with Crippen LogP contribution >= 0.6 is 0 Å². The van der Waals surface area contributed by atoms with Crippen LogP contribution in [0.15, 0.2) is 48.7 Å². The number of nitrogens with one attached hydrogen (secondary N) is 2. The molecule has 3 aromatic rings. The topological polar surface area (TPSA) is 131 Å².